The Balaban J connectivity index is 1.82. The van der Waals surface area contributed by atoms with Crippen molar-refractivity contribution < 1.29 is 22.4 Å². The van der Waals surface area contributed by atoms with Crippen molar-refractivity contribution in [3.63, 3.8) is 0 Å². The predicted octanol–water partition coefficient (Wildman–Crippen LogP) is 3.26. The molecule has 3 N–H and O–H groups in total. The van der Waals surface area contributed by atoms with Gasteiger partial charge in [-0.1, -0.05) is 24.3 Å². The van der Waals surface area contributed by atoms with Crippen molar-refractivity contribution in [3.05, 3.63) is 71.0 Å². The lowest BCUT2D eigenvalue weighted by Gasteiger charge is -2.12. The minimum Gasteiger partial charge on any atom is -0.357 e. The summed E-state index contributed by atoms with van der Waals surface area (Å²) in [6, 6.07) is 10.8. The first-order valence-corrected chi connectivity index (χ1v) is 9.47. The van der Waals surface area contributed by atoms with Crippen molar-refractivity contribution in [1.82, 2.24) is 16.0 Å². The summed E-state index contributed by atoms with van der Waals surface area (Å²) in [6.07, 6.45) is -4.33. The molecule has 0 aliphatic heterocycles. The van der Waals surface area contributed by atoms with Crippen molar-refractivity contribution in [2.45, 2.75) is 26.1 Å². The molecule has 9 heteroatoms. The van der Waals surface area contributed by atoms with Crippen molar-refractivity contribution >= 4 is 11.9 Å². The van der Waals surface area contributed by atoms with Gasteiger partial charge in [0.25, 0.3) is 0 Å². The number of hydrogen-bond donors (Lipinski definition) is 3. The first kappa shape index (κ1) is 23.2. The maximum Gasteiger partial charge on any atom is 0.416 e. The number of nitrogens with zero attached hydrogens (tertiary/aromatic N) is 1. The Morgan fingerprint density at radius 1 is 0.967 bits per heavy atom. The van der Waals surface area contributed by atoms with Crippen LogP contribution in [-0.2, 0) is 23.9 Å². The third-order valence-electron chi connectivity index (χ3n) is 4.01. The van der Waals surface area contributed by atoms with E-state index in [0.29, 0.717) is 36.7 Å². The predicted molar refractivity (Wildman–Crippen MR) is 107 cm³/mol. The smallest absolute Gasteiger partial charge is 0.357 e. The molecule has 5 nitrogen and oxygen atoms in total. The monoisotopic (exact) mass is 424 g/mol. The number of benzene rings is 2. The number of guanidine groups is 1. The molecule has 2 rings (SSSR count). The molecule has 0 unspecified atom stereocenters. The molecule has 0 radical (unpaired) electrons. The number of hydrogen-bond acceptors (Lipinski definition) is 2. The van der Waals surface area contributed by atoms with Crippen molar-refractivity contribution in [1.29, 1.82) is 0 Å². The van der Waals surface area contributed by atoms with Gasteiger partial charge in [-0.05, 0) is 42.3 Å². The van der Waals surface area contributed by atoms with Crippen LogP contribution in [0.1, 0.15) is 23.6 Å². The fourth-order valence-corrected chi connectivity index (χ4v) is 2.64. The molecule has 0 saturated heterocycles. The molecule has 0 heterocycles. The molecule has 2 aromatic carbocycles. The number of rotatable bonds is 8. The average molecular weight is 424 g/mol. The van der Waals surface area contributed by atoms with E-state index in [0.717, 1.165) is 12.1 Å². The highest BCUT2D eigenvalue weighted by molar-refractivity contribution is 5.80. The van der Waals surface area contributed by atoms with Crippen LogP contribution in [0.15, 0.2) is 53.5 Å². The van der Waals surface area contributed by atoms with E-state index in [1.165, 1.54) is 18.2 Å². The van der Waals surface area contributed by atoms with E-state index in [-0.39, 0.29) is 18.9 Å². The molecule has 0 aromatic heterocycles. The van der Waals surface area contributed by atoms with Crippen molar-refractivity contribution in [3.8, 4) is 0 Å². The van der Waals surface area contributed by atoms with Gasteiger partial charge in [-0.2, -0.15) is 13.2 Å². The third-order valence-corrected chi connectivity index (χ3v) is 4.01. The molecule has 0 spiro atoms. The van der Waals surface area contributed by atoms with E-state index >= 15 is 0 Å². The molecule has 0 atom stereocenters. The van der Waals surface area contributed by atoms with E-state index in [4.69, 9.17) is 0 Å². The number of aliphatic imine (C=N–C) groups is 1. The Morgan fingerprint density at radius 2 is 1.67 bits per heavy atom. The Bertz CT molecular complexity index is 868. The SMILES string of the molecule is CCNC(=NCc1cccc(C(F)(F)F)c1)NCCNC(=O)Cc1cccc(F)c1. The quantitative estimate of drug-likeness (QED) is 0.264. The molecule has 30 heavy (non-hydrogen) atoms. The zero-order chi connectivity index (χ0) is 22.0. The molecule has 0 aliphatic rings. The van der Waals surface area contributed by atoms with Crippen LogP contribution in [0.5, 0.6) is 0 Å². The van der Waals surface area contributed by atoms with E-state index in [2.05, 4.69) is 20.9 Å². The zero-order valence-corrected chi connectivity index (χ0v) is 16.5. The highest BCUT2D eigenvalue weighted by atomic mass is 19.4. The van der Waals surface area contributed by atoms with Gasteiger partial charge < -0.3 is 16.0 Å². The summed E-state index contributed by atoms with van der Waals surface area (Å²) in [6.45, 7) is 3.18. The largest absolute Gasteiger partial charge is 0.416 e. The molecule has 2 aromatic rings. The fraction of sp³-hybridized carbons (Fsp3) is 0.333. The summed E-state index contributed by atoms with van der Waals surface area (Å²) in [4.78, 5) is 16.2. The van der Waals surface area contributed by atoms with E-state index in [1.807, 2.05) is 6.92 Å². The van der Waals surface area contributed by atoms with E-state index < -0.39 is 17.6 Å². The average Bonchev–Trinajstić information content (AvgIpc) is 2.69. The summed E-state index contributed by atoms with van der Waals surface area (Å²) in [7, 11) is 0. The lowest BCUT2D eigenvalue weighted by atomic mass is 10.1. The van der Waals surface area contributed by atoms with Crippen LogP contribution in [-0.4, -0.2) is 31.5 Å². The molecule has 1 amide bonds. The van der Waals surface area contributed by atoms with Crippen LogP contribution >= 0.6 is 0 Å². The maximum atomic E-state index is 13.1. The Hall–Kier alpha value is -3.10. The molecule has 0 fully saturated rings. The summed E-state index contributed by atoms with van der Waals surface area (Å²) in [5.74, 6) is -0.211. The van der Waals surface area contributed by atoms with Gasteiger partial charge in [0.1, 0.15) is 5.82 Å². The molecule has 0 bridgehead atoms. The van der Waals surface area contributed by atoms with Gasteiger partial charge in [0.15, 0.2) is 5.96 Å². The molecule has 0 saturated carbocycles. The van der Waals surface area contributed by atoms with Crippen LogP contribution in [0.2, 0.25) is 0 Å². The second-order valence-corrected chi connectivity index (χ2v) is 6.48. The van der Waals surface area contributed by atoms with Crippen LogP contribution in [0, 0.1) is 5.82 Å². The Morgan fingerprint density at radius 3 is 2.37 bits per heavy atom. The Kier molecular flexibility index (Phi) is 8.64. The Labute approximate surface area is 172 Å². The fourth-order valence-electron chi connectivity index (χ4n) is 2.64. The van der Waals surface area contributed by atoms with Gasteiger partial charge >= 0.3 is 6.18 Å². The topological polar surface area (TPSA) is 65.5 Å². The summed E-state index contributed by atoms with van der Waals surface area (Å²) in [5, 5.41) is 8.71. The lowest BCUT2D eigenvalue weighted by Crippen LogP contribution is -2.41. The van der Waals surface area contributed by atoms with Crippen molar-refractivity contribution in [2.24, 2.45) is 4.99 Å². The number of alkyl halides is 3. The van der Waals surface area contributed by atoms with Gasteiger partial charge in [0.05, 0.1) is 18.5 Å². The van der Waals surface area contributed by atoms with Crippen LogP contribution < -0.4 is 16.0 Å². The highest BCUT2D eigenvalue weighted by Gasteiger charge is 2.30. The van der Waals surface area contributed by atoms with E-state index in [9.17, 15) is 22.4 Å². The number of nitrogens with one attached hydrogen (secondary N) is 3. The lowest BCUT2D eigenvalue weighted by molar-refractivity contribution is -0.137. The van der Waals surface area contributed by atoms with Crippen molar-refractivity contribution in [2.75, 3.05) is 19.6 Å². The van der Waals surface area contributed by atoms with Crippen LogP contribution in [0.4, 0.5) is 17.6 Å². The first-order chi connectivity index (χ1) is 14.3. The highest BCUT2D eigenvalue weighted by Crippen LogP contribution is 2.29. The maximum absolute atomic E-state index is 13.1. The number of carbonyl (C=O) groups is 1. The molecule has 0 aliphatic carbocycles. The summed E-state index contributed by atoms with van der Waals surface area (Å²) in [5.41, 5.74) is 0.302. The minimum atomic E-state index is -4.40. The second-order valence-electron chi connectivity index (χ2n) is 6.48. The first-order valence-electron chi connectivity index (χ1n) is 9.47. The molecular formula is C21H24F4N4O. The van der Waals surface area contributed by atoms with Gasteiger partial charge in [0, 0.05) is 19.6 Å². The number of amides is 1. The summed E-state index contributed by atoms with van der Waals surface area (Å²) >= 11 is 0. The standard InChI is InChI=1S/C21H24F4N4O/c1-2-26-20(29-14-16-6-3-7-17(11-16)21(23,24)25)28-10-9-27-19(30)13-15-5-4-8-18(22)12-15/h3-8,11-12H,2,9-10,13-14H2,1H3,(H,27,30)(H2,26,28,29). The van der Waals surface area contributed by atoms with Gasteiger partial charge in [0.2, 0.25) is 5.91 Å². The minimum absolute atomic E-state index is 0.0709. The zero-order valence-electron chi connectivity index (χ0n) is 16.5. The number of halogens is 4. The van der Waals surface area contributed by atoms with Crippen LogP contribution in [0.25, 0.3) is 0 Å². The van der Waals surface area contributed by atoms with Gasteiger partial charge in [-0.15, -0.1) is 0 Å². The molecular weight excluding hydrogens is 400 g/mol. The second kappa shape index (κ2) is 11.2. The normalized spacial score (nSPS) is 11.8. The molecule has 162 valence electrons. The summed E-state index contributed by atoms with van der Waals surface area (Å²) < 4.78 is 51.5. The van der Waals surface area contributed by atoms with Gasteiger partial charge in [-0.25, -0.2) is 9.38 Å². The third kappa shape index (κ3) is 8.10. The van der Waals surface area contributed by atoms with Crippen LogP contribution in [0.3, 0.4) is 0 Å². The van der Waals surface area contributed by atoms with E-state index in [1.54, 1.807) is 18.2 Å². The number of carbonyl (C=O) groups excluding carboxylic acids is 1. The van der Waals surface area contributed by atoms with Gasteiger partial charge in [-0.3, -0.25) is 4.79 Å².